The Hall–Kier alpha value is -2.58. The van der Waals surface area contributed by atoms with E-state index in [0.29, 0.717) is 10.6 Å². The van der Waals surface area contributed by atoms with Gasteiger partial charge in [-0.05, 0) is 54.3 Å². The van der Waals surface area contributed by atoms with Crippen LogP contribution in [0.5, 0.6) is 0 Å². The average molecular weight is 336 g/mol. The third-order valence-electron chi connectivity index (χ3n) is 3.94. The van der Waals surface area contributed by atoms with Crippen molar-refractivity contribution in [3.63, 3.8) is 0 Å². The summed E-state index contributed by atoms with van der Waals surface area (Å²) in [6.07, 6.45) is 0.726. The quantitative estimate of drug-likeness (QED) is 0.671. The molecular formula is C21H18ClNO. The van der Waals surface area contributed by atoms with Crippen molar-refractivity contribution in [2.75, 3.05) is 5.32 Å². The first kappa shape index (κ1) is 16.3. The lowest BCUT2D eigenvalue weighted by Gasteiger charge is -2.12. The zero-order valence-corrected chi connectivity index (χ0v) is 14.2. The number of amides is 1. The van der Waals surface area contributed by atoms with Crippen LogP contribution in [0, 0.1) is 6.92 Å². The highest BCUT2D eigenvalue weighted by molar-refractivity contribution is 6.30. The Balaban J connectivity index is 1.85. The Kier molecular flexibility index (Phi) is 4.97. The molecule has 0 aromatic heterocycles. The van der Waals surface area contributed by atoms with E-state index in [1.165, 1.54) is 5.56 Å². The first-order valence-corrected chi connectivity index (χ1v) is 8.20. The van der Waals surface area contributed by atoms with Gasteiger partial charge in [0.1, 0.15) is 0 Å². The number of hydrogen-bond acceptors (Lipinski definition) is 1. The van der Waals surface area contributed by atoms with Crippen molar-refractivity contribution in [3.05, 3.63) is 100 Å². The van der Waals surface area contributed by atoms with Crippen molar-refractivity contribution in [1.29, 1.82) is 0 Å². The van der Waals surface area contributed by atoms with Crippen molar-refractivity contribution in [3.8, 4) is 0 Å². The molecule has 0 radical (unpaired) electrons. The number of carbonyl (C=O) groups is 1. The van der Waals surface area contributed by atoms with E-state index in [4.69, 9.17) is 11.6 Å². The molecule has 0 unspecified atom stereocenters. The van der Waals surface area contributed by atoms with Crippen molar-refractivity contribution in [2.24, 2.45) is 0 Å². The molecular weight excluding hydrogens is 318 g/mol. The maximum atomic E-state index is 12.7. The molecule has 3 aromatic carbocycles. The van der Waals surface area contributed by atoms with Crippen LogP contribution in [0.1, 0.15) is 27.0 Å². The molecule has 120 valence electrons. The summed E-state index contributed by atoms with van der Waals surface area (Å²) in [5.41, 5.74) is 4.60. The minimum atomic E-state index is -0.105. The van der Waals surface area contributed by atoms with E-state index in [1.807, 2.05) is 61.5 Å². The summed E-state index contributed by atoms with van der Waals surface area (Å²) in [4.78, 5) is 12.7. The Bertz CT molecular complexity index is 859. The number of hydrogen-bond donors (Lipinski definition) is 1. The highest BCUT2D eigenvalue weighted by Crippen LogP contribution is 2.21. The maximum Gasteiger partial charge on any atom is 0.255 e. The van der Waals surface area contributed by atoms with Gasteiger partial charge >= 0.3 is 0 Å². The largest absolute Gasteiger partial charge is 0.322 e. The van der Waals surface area contributed by atoms with Gasteiger partial charge in [-0.25, -0.2) is 0 Å². The topological polar surface area (TPSA) is 29.1 Å². The lowest BCUT2D eigenvalue weighted by Crippen LogP contribution is -2.15. The number of rotatable bonds is 4. The molecule has 0 aliphatic heterocycles. The molecule has 3 rings (SSSR count). The van der Waals surface area contributed by atoms with E-state index in [0.717, 1.165) is 23.2 Å². The van der Waals surface area contributed by atoms with E-state index in [9.17, 15) is 4.79 Å². The molecule has 0 aliphatic rings. The molecule has 0 spiro atoms. The molecule has 0 saturated heterocycles. The molecule has 0 heterocycles. The lowest BCUT2D eigenvalue weighted by molar-refractivity contribution is 0.102. The predicted octanol–water partition coefficient (Wildman–Crippen LogP) is 5.49. The van der Waals surface area contributed by atoms with Crippen LogP contribution in [0.2, 0.25) is 5.02 Å². The van der Waals surface area contributed by atoms with E-state index >= 15 is 0 Å². The van der Waals surface area contributed by atoms with E-state index in [1.54, 1.807) is 6.07 Å². The van der Waals surface area contributed by atoms with Gasteiger partial charge in [-0.2, -0.15) is 0 Å². The number of aryl methyl sites for hydroxylation is 1. The van der Waals surface area contributed by atoms with Crippen LogP contribution in [0.3, 0.4) is 0 Å². The fourth-order valence-corrected chi connectivity index (χ4v) is 2.90. The zero-order chi connectivity index (χ0) is 16.9. The van der Waals surface area contributed by atoms with Crippen molar-refractivity contribution in [1.82, 2.24) is 0 Å². The van der Waals surface area contributed by atoms with Gasteiger partial charge in [0.25, 0.3) is 5.91 Å². The summed E-state index contributed by atoms with van der Waals surface area (Å²) < 4.78 is 0. The summed E-state index contributed by atoms with van der Waals surface area (Å²) in [5.74, 6) is -0.105. The van der Waals surface area contributed by atoms with Crippen LogP contribution in [0.25, 0.3) is 0 Å². The van der Waals surface area contributed by atoms with E-state index in [-0.39, 0.29) is 5.91 Å². The second-order valence-corrected chi connectivity index (χ2v) is 6.17. The molecule has 0 atom stereocenters. The zero-order valence-electron chi connectivity index (χ0n) is 13.4. The van der Waals surface area contributed by atoms with Gasteiger partial charge in [0, 0.05) is 16.3 Å². The first-order valence-electron chi connectivity index (χ1n) is 7.83. The van der Waals surface area contributed by atoms with Gasteiger partial charge in [0.2, 0.25) is 0 Å². The fourth-order valence-electron chi connectivity index (χ4n) is 2.67. The highest BCUT2D eigenvalue weighted by atomic mass is 35.5. The van der Waals surface area contributed by atoms with Crippen molar-refractivity contribution >= 4 is 23.2 Å². The van der Waals surface area contributed by atoms with E-state index < -0.39 is 0 Å². The summed E-state index contributed by atoms with van der Waals surface area (Å²) in [5, 5.41) is 3.64. The molecule has 2 nitrogen and oxygen atoms in total. The normalized spacial score (nSPS) is 10.4. The SMILES string of the molecule is Cc1cc(Cl)ccc1NC(=O)c1ccccc1Cc1ccccc1. The van der Waals surface area contributed by atoms with Crippen molar-refractivity contribution in [2.45, 2.75) is 13.3 Å². The second-order valence-electron chi connectivity index (χ2n) is 5.73. The molecule has 24 heavy (non-hydrogen) atoms. The van der Waals surface area contributed by atoms with Gasteiger partial charge in [0.15, 0.2) is 0 Å². The number of carbonyl (C=O) groups excluding carboxylic acids is 1. The second kappa shape index (κ2) is 7.33. The highest BCUT2D eigenvalue weighted by Gasteiger charge is 2.12. The molecule has 0 fully saturated rings. The monoisotopic (exact) mass is 335 g/mol. The Labute approximate surface area is 147 Å². The summed E-state index contributed by atoms with van der Waals surface area (Å²) in [6, 6.07) is 23.3. The van der Waals surface area contributed by atoms with Gasteiger partial charge in [0.05, 0.1) is 0 Å². The summed E-state index contributed by atoms with van der Waals surface area (Å²) in [7, 11) is 0. The third-order valence-corrected chi connectivity index (χ3v) is 4.17. The van der Waals surface area contributed by atoms with Crippen LogP contribution < -0.4 is 5.32 Å². The summed E-state index contributed by atoms with van der Waals surface area (Å²) in [6.45, 7) is 1.93. The Morgan fingerprint density at radius 1 is 0.958 bits per heavy atom. The van der Waals surface area contributed by atoms with Crippen LogP contribution in [-0.2, 0) is 6.42 Å². The third kappa shape index (κ3) is 3.84. The average Bonchev–Trinajstić information content (AvgIpc) is 2.59. The number of halogens is 1. The molecule has 1 amide bonds. The molecule has 0 aliphatic carbocycles. The molecule has 1 N–H and O–H groups in total. The van der Waals surface area contributed by atoms with Crippen molar-refractivity contribution < 1.29 is 4.79 Å². The predicted molar refractivity (Wildman–Crippen MR) is 99.8 cm³/mol. The standard InChI is InChI=1S/C21H18ClNO/c1-15-13-18(22)11-12-20(15)23-21(24)19-10-6-5-9-17(19)14-16-7-3-2-4-8-16/h2-13H,14H2,1H3,(H,23,24). The minimum Gasteiger partial charge on any atom is -0.322 e. The number of nitrogens with one attached hydrogen (secondary N) is 1. The van der Waals surface area contributed by atoms with Crippen LogP contribution >= 0.6 is 11.6 Å². The maximum absolute atomic E-state index is 12.7. The van der Waals surface area contributed by atoms with Crippen LogP contribution in [0.4, 0.5) is 5.69 Å². The Morgan fingerprint density at radius 2 is 1.67 bits per heavy atom. The Morgan fingerprint density at radius 3 is 2.42 bits per heavy atom. The molecule has 3 heteroatoms. The lowest BCUT2D eigenvalue weighted by atomic mass is 9.99. The summed E-state index contributed by atoms with van der Waals surface area (Å²) >= 11 is 5.97. The van der Waals surface area contributed by atoms with Gasteiger partial charge < -0.3 is 5.32 Å². The van der Waals surface area contributed by atoms with E-state index in [2.05, 4.69) is 17.4 Å². The van der Waals surface area contributed by atoms with Crippen LogP contribution in [0.15, 0.2) is 72.8 Å². The van der Waals surface area contributed by atoms with Gasteiger partial charge in [-0.1, -0.05) is 60.1 Å². The number of anilines is 1. The minimum absolute atomic E-state index is 0.105. The molecule has 0 saturated carbocycles. The number of benzene rings is 3. The van der Waals surface area contributed by atoms with Crippen LogP contribution in [-0.4, -0.2) is 5.91 Å². The first-order chi connectivity index (χ1) is 11.6. The van der Waals surface area contributed by atoms with Gasteiger partial charge in [-0.3, -0.25) is 4.79 Å². The fraction of sp³-hybridized carbons (Fsp3) is 0.0952. The smallest absolute Gasteiger partial charge is 0.255 e. The molecule has 3 aromatic rings. The molecule has 0 bridgehead atoms. The van der Waals surface area contributed by atoms with Gasteiger partial charge in [-0.15, -0.1) is 0 Å².